The van der Waals surface area contributed by atoms with Gasteiger partial charge in [0.1, 0.15) is 0 Å². The number of benzene rings is 1. The molecule has 3 aromatic rings. The highest BCUT2D eigenvalue weighted by Gasteiger charge is 2.13. The lowest BCUT2D eigenvalue weighted by atomic mass is 10.1. The van der Waals surface area contributed by atoms with Crippen LogP contribution in [0, 0.1) is 6.92 Å². The summed E-state index contributed by atoms with van der Waals surface area (Å²) in [5.74, 6) is 0. The number of thiocarbonyl (C=S) groups is 1. The van der Waals surface area contributed by atoms with Crippen LogP contribution in [0.4, 0.5) is 5.69 Å². The van der Waals surface area contributed by atoms with Crippen molar-refractivity contribution < 1.29 is 0 Å². The van der Waals surface area contributed by atoms with E-state index in [2.05, 4.69) is 46.7 Å². The van der Waals surface area contributed by atoms with Crippen LogP contribution in [0.15, 0.2) is 42.9 Å². The molecule has 0 spiro atoms. The summed E-state index contributed by atoms with van der Waals surface area (Å²) < 4.78 is 3.76. The van der Waals surface area contributed by atoms with Gasteiger partial charge in [-0.3, -0.25) is 9.36 Å². The molecule has 0 unspecified atom stereocenters. The predicted octanol–water partition coefficient (Wildman–Crippen LogP) is 3.94. The largest absolute Gasteiger partial charge is 0.346 e. The first-order valence-electron chi connectivity index (χ1n) is 8.76. The van der Waals surface area contributed by atoms with E-state index in [0.29, 0.717) is 16.7 Å². The maximum absolute atomic E-state index is 6.24. The summed E-state index contributed by atoms with van der Waals surface area (Å²) >= 11 is 11.7. The summed E-state index contributed by atoms with van der Waals surface area (Å²) in [5, 5.41) is 13.1. The Labute approximate surface area is 169 Å². The van der Waals surface area contributed by atoms with Gasteiger partial charge in [0.2, 0.25) is 0 Å². The standard InChI is InChI=1S/C19H23ClN6S/c1-4-26-18(17(20)10-22-26)13-24(3)19(27)23-16-9-21-25(12-16)11-15-7-5-14(2)6-8-15/h5-10,12H,4,11,13H2,1-3H3,(H,23,27). The Bertz CT molecular complexity index is 915. The zero-order valence-electron chi connectivity index (χ0n) is 15.7. The SMILES string of the molecule is CCn1ncc(Cl)c1CN(C)C(=S)Nc1cnn(Cc2ccc(C)cc2)c1. The van der Waals surface area contributed by atoms with Crippen LogP contribution in [0.1, 0.15) is 23.7 Å². The Morgan fingerprint density at radius 3 is 2.67 bits per heavy atom. The Kier molecular flexibility index (Phi) is 6.13. The molecule has 8 heteroatoms. The highest BCUT2D eigenvalue weighted by atomic mass is 35.5. The molecule has 0 atom stereocenters. The molecule has 0 fully saturated rings. The second kappa shape index (κ2) is 8.54. The van der Waals surface area contributed by atoms with Crippen LogP contribution >= 0.6 is 23.8 Å². The summed E-state index contributed by atoms with van der Waals surface area (Å²) in [4.78, 5) is 1.93. The van der Waals surface area contributed by atoms with Gasteiger partial charge in [0.25, 0.3) is 0 Å². The first-order chi connectivity index (χ1) is 13.0. The molecule has 3 rings (SSSR count). The molecule has 27 heavy (non-hydrogen) atoms. The lowest BCUT2D eigenvalue weighted by Crippen LogP contribution is -2.31. The lowest BCUT2D eigenvalue weighted by molar-refractivity contribution is 0.471. The molecule has 0 saturated heterocycles. The molecular weight excluding hydrogens is 380 g/mol. The van der Waals surface area contributed by atoms with Crippen LogP contribution in [-0.4, -0.2) is 36.6 Å². The molecule has 0 aliphatic heterocycles. The van der Waals surface area contributed by atoms with E-state index < -0.39 is 0 Å². The van der Waals surface area contributed by atoms with Crippen molar-refractivity contribution in [3.8, 4) is 0 Å². The zero-order chi connectivity index (χ0) is 19.4. The molecule has 2 aromatic heterocycles. The molecule has 0 radical (unpaired) electrons. The molecule has 0 amide bonds. The maximum Gasteiger partial charge on any atom is 0.173 e. The van der Waals surface area contributed by atoms with Crippen molar-refractivity contribution in [2.45, 2.75) is 33.5 Å². The van der Waals surface area contributed by atoms with E-state index >= 15 is 0 Å². The monoisotopic (exact) mass is 402 g/mol. The van der Waals surface area contributed by atoms with Crippen LogP contribution in [0.25, 0.3) is 0 Å². The third kappa shape index (κ3) is 4.87. The second-order valence-corrected chi connectivity index (χ2v) is 7.25. The van der Waals surface area contributed by atoms with Crippen molar-refractivity contribution in [3.05, 3.63) is 64.7 Å². The number of hydrogen-bond donors (Lipinski definition) is 1. The van der Waals surface area contributed by atoms with Gasteiger partial charge in [-0.05, 0) is 31.6 Å². The van der Waals surface area contributed by atoms with Gasteiger partial charge in [0.05, 0.1) is 41.9 Å². The Balaban J connectivity index is 1.60. The predicted molar refractivity (Wildman–Crippen MR) is 113 cm³/mol. The van der Waals surface area contributed by atoms with E-state index in [1.807, 2.05) is 34.4 Å². The van der Waals surface area contributed by atoms with Gasteiger partial charge in [-0.1, -0.05) is 41.4 Å². The normalized spacial score (nSPS) is 10.8. The third-order valence-corrected chi connectivity index (χ3v) is 5.01. The van der Waals surface area contributed by atoms with Gasteiger partial charge in [0, 0.05) is 19.8 Å². The molecule has 1 aromatic carbocycles. The molecule has 6 nitrogen and oxygen atoms in total. The minimum Gasteiger partial charge on any atom is -0.346 e. The highest BCUT2D eigenvalue weighted by Crippen LogP contribution is 2.17. The van der Waals surface area contributed by atoms with Crippen LogP contribution < -0.4 is 5.32 Å². The van der Waals surface area contributed by atoms with Crippen LogP contribution in [0.5, 0.6) is 0 Å². The number of nitrogens with zero attached hydrogens (tertiary/aromatic N) is 5. The van der Waals surface area contributed by atoms with Gasteiger partial charge in [0.15, 0.2) is 5.11 Å². The highest BCUT2D eigenvalue weighted by molar-refractivity contribution is 7.80. The molecule has 1 N–H and O–H groups in total. The molecule has 0 saturated carbocycles. The van der Waals surface area contributed by atoms with Crippen molar-refractivity contribution in [1.82, 2.24) is 24.5 Å². The summed E-state index contributed by atoms with van der Waals surface area (Å²) in [6.07, 6.45) is 5.39. The van der Waals surface area contributed by atoms with Crippen LogP contribution in [-0.2, 0) is 19.6 Å². The number of aromatic nitrogens is 4. The number of hydrogen-bond acceptors (Lipinski definition) is 3. The van der Waals surface area contributed by atoms with Gasteiger partial charge in [-0.15, -0.1) is 0 Å². The average Bonchev–Trinajstić information content (AvgIpc) is 3.23. The topological polar surface area (TPSA) is 50.9 Å². The molecular formula is C19H23ClN6S. The van der Waals surface area contributed by atoms with Crippen molar-refractivity contribution in [3.63, 3.8) is 0 Å². The van der Waals surface area contributed by atoms with Gasteiger partial charge in [-0.25, -0.2) is 0 Å². The number of rotatable bonds is 6. The summed E-state index contributed by atoms with van der Waals surface area (Å²) in [5.41, 5.74) is 4.26. The van der Waals surface area contributed by atoms with E-state index in [1.54, 1.807) is 12.4 Å². The fraction of sp³-hybridized carbons (Fsp3) is 0.316. The van der Waals surface area contributed by atoms with Gasteiger partial charge < -0.3 is 10.2 Å². The van der Waals surface area contributed by atoms with Gasteiger partial charge in [-0.2, -0.15) is 10.2 Å². The van der Waals surface area contributed by atoms with E-state index in [1.165, 1.54) is 11.1 Å². The molecule has 0 bridgehead atoms. The Morgan fingerprint density at radius 1 is 1.22 bits per heavy atom. The van der Waals surface area contributed by atoms with E-state index in [-0.39, 0.29) is 0 Å². The van der Waals surface area contributed by atoms with Gasteiger partial charge >= 0.3 is 0 Å². The number of halogens is 1. The quantitative estimate of drug-likeness (QED) is 0.633. The fourth-order valence-electron chi connectivity index (χ4n) is 2.73. The lowest BCUT2D eigenvalue weighted by Gasteiger charge is -2.21. The molecule has 142 valence electrons. The van der Waals surface area contributed by atoms with Crippen molar-refractivity contribution >= 4 is 34.6 Å². The first kappa shape index (κ1) is 19.4. The summed E-state index contributed by atoms with van der Waals surface area (Å²) in [7, 11) is 1.93. The summed E-state index contributed by atoms with van der Waals surface area (Å²) in [6.45, 7) is 6.18. The molecule has 2 heterocycles. The number of aryl methyl sites for hydroxylation is 2. The first-order valence-corrected chi connectivity index (χ1v) is 9.55. The second-order valence-electron chi connectivity index (χ2n) is 6.45. The fourth-order valence-corrected chi connectivity index (χ4v) is 3.11. The van der Waals surface area contributed by atoms with Crippen molar-refractivity contribution in [1.29, 1.82) is 0 Å². The minimum atomic E-state index is 0.579. The third-order valence-electron chi connectivity index (χ3n) is 4.28. The van der Waals surface area contributed by atoms with E-state index in [4.69, 9.17) is 23.8 Å². The summed E-state index contributed by atoms with van der Waals surface area (Å²) in [6, 6.07) is 8.44. The van der Waals surface area contributed by atoms with Crippen LogP contribution in [0.2, 0.25) is 5.02 Å². The Hall–Kier alpha value is -2.38. The van der Waals surface area contributed by atoms with Crippen molar-refractivity contribution in [2.75, 3.05) is 12.4 Å². The van der Waals surface area contributed by atoms with E-state index in [9.17, 15) is 0 Å². The average molecular weight is 403 g/mol. The van der Waals surface area contributed by atoms with E-state index in [0.717, 1.165) is 24.5 Å². The van der Waals surface area contributed by atoms with Crippen LogP contribution in [0.3, 0.4) is 0 Å². The maximum atomic E-state index is 6.24. The number of nitrogens with one attached hydrogen (secondary N) is 1. The zero-order valence-corrected chi connectivity index (χ0v) is 17.3. The molecule has 0 aliphatic carbocycles. The number of anilines is 1. The van der Waals surface area contributed by atoms with Crippen molar-refractivity contribution in [2.24, 2.45) is 0 Å². The smallest absolute Gasteiger partial charge is 0.173 e. The molecule has 0 aliphatic rings. The Morgan fingerprint density at radius 2 is 1.96 bits per heavy atom. The minimum absolute atomic E-state index is 0.579.